The van der Waals surface area contributed by atoms with E-state index in [0.29, 0.717) is 5.92 Å². The number of ether oxygens (including phenoxy) is 2. The quantitative estimate of drug-likeness (QED) is 0.364. The number of morpholine rings is 1. The first-order chi connectivity index (χ1) is 11.0. The molecule has 2 fully saturated rings. The standard InChI is InChI=1S/C17H34N4O2.HI/c1-14(2)11-21-7-9-22-15(12-21)10-19-16(18-4)20-13-17(3)6-5-8-23-17;/h14-15H,5-13H2,1-4H3,(H2,18,19,20);1H. The lowest BCUT2D eigenvalue weighted by molar-refractivity contribution is -0.0285. The van der Waals surface area contributed by atoms with Gasteiger partial charge in [-0.3, -0.25) is 9.89 Å². The number of nitrogens with zero attached hydrogens (tertiary/aromatic N) is 2. The lowest BCUT2D eigenvalue weighted by atomic mass is 10.0. The van der Waals surface area contributed by atoms with E-state index in [9.17, 15) is 0 Å². The molecular formula is C17H35IN4O2. The molecule has 2 heterocycles. The zero-order valence-electron chi connectivity index (χ0n) is 15.6. The summed E-state index contributed by atoms with van der Waals surface area (Å²) in [6, 6.07) is 0. The second-order valence-electron chi connectivity index (χ2n) is 7.35. The maximum absolute atomic E-state index is 5.87. The molecule has 0 aromatic rings. The van der Waals surface area contributed by atoms with Crippen molar-refractivity contribution in [3.05, 3.63) is 0 Å². The van der Waals surface area contributed by atoms with Crippen LogP contribution < -0.4 is 10.6 Å². The van der Waals surface area contributed by atoms with Gasteiger partial charge in [0.05, 0.1) is 18.3 Å². The Kier molecular flexibility index (Phi) is 9.84. The van der Waals surface area contributed by atoms with Crippen LogP contribution in [0.5, 0.6) is 0 Å². The lowest BCUT2D eigenvalue weighted by Crippen LogP contribution is -2.51. The van der Waals surface area contributed by atoms with Gasteiger partial charge in [0.1, 0.15) is 0 Å². The van der Waals surface area contributed by atoms with Crippen LogP contribution in [0.2, 0.25) is 0 Å². The van der Waals surface area contributed by atoms with Gasteiger partial charge in [0.25, 0.3) is 0 Å². The smallest absolute Gasteiger partial charge is 0.191 e. The average Bonchev–Trinajstić information content (AvgIpc) is 2.94. The number of nitrogens with one attached hydrogen (secondary N) is 2. The van der Waals surface area contributed by atoms with Gasteiger partial charge in [-0.15, -0.1) is 24.0 Å². The minimum absolute atomic E-state index is 0. The van der Waals surface area contributed by atoms with E-state index in [0.717, 1.165) is 64.7 Å². The van der Waals surface area contributed by atoms with Gasteiger partial charge >= 0.3 is 0 Å². The zero-order valence-corrected chi connectivity index (χ0v) is 18.0. The van der Waals surface area contributed by atoms with Gasteiger partial charge < -0.3 is 20.1 Å². The molecule has 2 unspecified atom stereocenters. The molecule has 142 valence electrons. The summed E-state index contributed by atoms with van der Waals surface area (Å²) in [5.74, 6) is 1.52. The topological polar surface area (TPSA) is 58.1 Å². The van der Waals surface area contributed by atoms with E-state index in [1.54, 1.807) is 7.05 Å². The molecule has 0 saturated carbocycles. The van der Waals surface area contributed by atoms with Crippen LogP contribution in [0.1, 0.15) is 33.6 Å². The molecule has 0 amide bonds. The summed E-state index contributed by atoms with van der Waals surface area (Å²) >= 11 is 0. The third-order valence-electron chi connectivity index (χ3n) is 4.50. The molecule has 0 aromatic heterocycles. The molecule has 2 rings (SSSR count). The second kappa shape index (κ2) is 10.8. The Morgan fingerprint density at radius 2 is 2.12 bits per heavy atom. The molecule has 0 spiro atoms. The number of hydrogen-bond donors (Lipinski definition) is 2. The number of hydrogen-bond acceptors (Lipinski definition) is 4. The van der Waals surface area contributed by atoms with Crippen LogP contribution in [0.25, 0.3) is 0 Å². The minimum Gasteiger partial charge on any atom is -0.374 e. The summed E-state index contributed by atoms with van der Waals surface area (Å²) in [6.07, 6.45) is 2.47. The Labute approximate surface area is 164 Å². The van der Waals surface area contributed by atoms with E-state index < -0.39 is 0 Å². The molecular weight excluding hydrogens is 419 g/mol. The van der Waals surface area contributed by atoms with Crippen molar-refractivity contribution in [1.82, 2.24) is 15.5 Å². The molecule has 2 N–H and O–H groups in total. The number of halogens is 1. The fourth-order valence-electron chi connectivity index (χ4n) is 3.26. The molecule has 2 saturated heterocycles. The van der Waals surface area contributed by atoms with E-state index in [2.05, 4.69) is 41.3 Å². The highest BCUT2D eigenvalue weighted by molar-refractivity contribution is 14.0. The van der Waals surface area contributed by atoms with Gasteiger partial charge in [-0.25, -0.2) is 0 Å². The Hall–Kier alpha value is -0.120. The predicted molar refractivity (Wildman–Crippen MR) is 109 cm³/mol. The third kappa shape index (κ3) is 7.41. The number of aliphatic imine (C=N–C) groups is 1. The Morgan fingerprint density at radius 1 is 1.33 bits per heavy atom. The first kappa shape index (κ1) is 21.9. The summed E-state index contributed by atoms with van der Waals surface area (Å²) in [5, 5.41) is 6.77. The Morgan fingerprint density at radius 3 is 2.75 bits per heavy atom. The largest absolute Gasteiger partial charge is 0.374 e. The first-order valence-electron chi connectivity index (χ1n) is 8.93. The monoisotopic (exact) mass is 454 g/mol. The minimum atomic E-state index is -0.0625. The molecule has 0 aromatic carbocycles. The zero-order chi connectivity index (χ0) is 16.7. The van der Waals surface area contributed by atoms with E-state index in [1.807, 2.05) is 0 Å². The van der Waals surface area contributed by atoms with E-state index >= 15 is 0 Å². The van der Waals surface area contributed by atoms with Crippen LogP contribution in [0.3, 0.4) is 0 Å². The Bertz CT molecular complexity index is 387. The molecule has 0 radical (unpaired) electrons. The van der Waals surface area contributed by atoms with Gasteiger partial charge in [0.2, 0.25) is 0 Å². The number of rotatable bonds is 6. The molecule has 2 atom stereocenters. The van der Waals surface area contributed by atoms with Crippen molar-refractivity contribution in [3.8, 4) is 0 Å². The van der Waals surface area contributed by atoms with Crippen LogP contribution in [-0.4, -0.2) is 75.5 Å². The second-order valence-corrected chi connectivity index (χ2v) is 7.35. The summed E-state index contributed by atoms with van der Waals surface area (Å²) in [5.41, 5.74) is -0.0625. The predicted octanol–water partition coefficient (Wildman–Crippen LogP) is 1.70. The van der Waals surface area contributed by atoms with Crippen molar-refractivity contribution in [2.75, 3.05) is 53.0 Å². The van der Waals surface area contributed by atoms with Crippen molar-refractivity contribution in [2.24, 2.45) is 10.9 Å². The summed E-state index contributed by atoms with van der Waals surface area (Å²) in [6.45, 7) is 13.1. The van der Waals surface area contributed by atoms with Gasteiger partial charge in [-0.1, -0.05) is 13.8 Å². The molecule has 24 heavy (non-hydrogen) atoms. The van der Waals surface area contributed by atoms with Crippen LogP contribution >= 0.6 is 24.0 Å². The molecule has 0 aliphatic carbocycles. The van der Waals surface area contributed by atoms with E-state index in [1.165, 1.54) is 0 Å². The molecule has 7 heteroatoms. The van der Waals surface area contributed by atoms with Crippen LogP contribution in [0.15, 0.2) is 4.99 Å². The maximum Gasteiger partial charge on any atom is 0.191 e. The van der Waals surface area contributed by atoms with E-state index in [-0.39, 0.29) is 35.7 Å². The maximum atomic E-state index is 5.87. The van der Waals surface area contributed by atoms with Crippen molar-refractivity contribution >= 4 is 29.9 Å². The molecule has 6 nitrogen and oxygen atoms in total. The molecule has 2 aliphatic heterocycles. The van der Waals surface area contributed by atoms with Crippen molar-refractivity contribution < 1.29 is 9.47 Å². The van der Waals surface area contributed by atoms with Crippen LogP contribution in [-0.2, 0) is 9.47 Å². The van der Waals surface area contributed by atoms with Gasteiger partial charge in [0.15, 0.2) is 5.96 Å². The van der Waals surface area contributed by atoms with Gasteiger partial charge in [-0.05, 0) is 25.7 Å². The Balaban J connectivity index is 0.00000288. The van der Waals surface area contributed by atoms with Crippen molar-refractivity contribution in [3.63, 3.8) is 0 Å². The normalized spacial score (nSPS) is 28.7. The highest BCUT2D eigenvalue weighted by Gasteiger charge is 2.29. The fraction of sp³-hybridized carbons (Fsp3) is 0.941. The average molecular weight is 454 g/mol. The lowest BCUT2D eigenvalue weighted by Gasteiger charge is -2.34. The summed E-state index contributed by atoms with van der Waals surface area (Å²) in [7, 11) is 1.81. The number of guanidine groups is 1. The molecule has 2 aliphatic rings. The fourth-order valence-corrected chi connectivity index (χ4v) is 3.26. The van der Waals surface area contributed by atoms with Crippen LogP contribution in [0, 0.1) is 5.92 Å². The van der Waals surface area contributed by atoms with E-state index in [4.69, 9.17) is 9.47 Å². The third-order valence-corrected chi connectivity index (χ3v) is 4.50. The summed E-state index contributed by atoms with van der Waals surface area (Å²) in [4.78, 5) is 6.79. The SMILES string of the molecule is CN=C(NCC1CN(CC(C)C)CCO1)NCC1(C)CCCO1.I. The van der Waals surface area contributed by atoms with Gasteiger partial charge in [0, 0.05) is 46.4 Å². The van der Waals surface area contributed by atoms with Crippen molar-refractivity contribution in [2.45, 2.75) is 45.3 Å². The van der Waals surface area contributed by atoms with Gasteiger partial charge in [-0.2, -0.15) is 0 Å². The van der Waals surface area contributed by atoms with Crippen LogP contribution in [0.4, 0.5) is 0 Å². The molecule has 0 bridgehead atoms. The summed E-state index contributed by atoms with van der Waals surface area (Å²) < 4.78 is 11.7. The van der Waals surface area contributed by atoms with Crippen molar-refractivity contribution in [1.29, 1.82) is 0 Å². The first-order valence-corrected chi connectivity index (χ1v) is 8.93. The highest BCUT2D eigenvalue weighted by atomic mass is 127. The highest BCUT2D eigenvalue weighted by Crippen LogP contribution is 2.23.